The largest absolute Gasteiger partial charge is 0.392 e. The van der Waals surface area contributed by atoms with E-state index in [0.29, 0.717) is 21.5 Å². The van der Waals surface area contributed by atoms with Crippen LogP contribution in [0.2, 0.25) is 0 Å². The fourth-order valence-electron chi connectivity index (χ4n) is 2.22. The van der Waals surface area contributed by atoms with Gasteiger partial charge in [-0.15, -0.1) is 0 Å². The summed E-state index contributed by atoms with van der Waals surface area (Å²) in [5.41, 5.74) is 1.22. The van der Waals surface area contributed by atoms with Crippen molar-refractivity contribution in [3.8, 4) is 0 Å². The Kier molecular flexibility index (Phi) is 6.84. The minimum Gasteiger partial charge on any atom is -0.392 e. The zero-order valence-corrected chi connectivity index (χ0v) is 15.4. The van der Waals surface area contributed by atoms with Crippen molar-refractivity contribution in [2.45, 2.75) is 58.1 Å². The number of nitrogens with one attached hydrogen (secondary N) is 1. The lowest BCUT2D eigenvalue weighted by atomic mass is 10.0. The summed E-state index contributed by atoms with van der Waals surface area (Å²) in [4.78, 5) is 0.219. The smallest absolute Gasteiger partial charge is 0.241 e. The molecule has 6 heteroatoms. The Balaban J connectivity index is 3.05. The van der Waals surface area contributed by atoms with Crippen LogP contribution in [0.5, 0.6) is 0 Å². The Morgan fingerprint density at radius 2 is 1.95 bits per heavy atom. The number of benzene rings is 1. The van der Waals surface area contributed by atoms with Crippen LogP contribution >= 0.6 is 15.9 Å². The van der Waals surface area contributed by atoms with Crippen molar-refractivity contribution in [2.75, 3.05) is 0 Å². The first kappa shape index (κ1) is 18.6. The number of aliphatic hydroxyl groups is 1. The number of halogens is 1. The molecule has 2 N–H and O–H groups in total. The lowest BCUT2D eigenvalue weighted by Crippen LogP contribution is -2.34. The van der Waals surface area contributed by atoms with E-state index in [-0.39, 0.29) is 17.5 Å². The highest BCUT2D eigenvalue weighted by Gasteiger charge is 2.22. The molecule has 0 bridgehead atoms. The highest BCUT2D eigenvalue weighted by molar-refractivity contribution is 9.10. The van der Waals surface area contributed by atoms with Crippen LogP contribution in [0.15, 0.2) is 21.5 Å². The first-order valence-corrected chi connectivity index (χ1v) is 9.41. The third kappa shape index (κ3) is 5.06. The van der Waals surface area contributed by atoms with Crippen LogP contribution in [0.1, 0.15) is 44.7 Å². The molecule has 0 saturated carbocycles. The maximum Gasteiger partial charge on any atom is 0.241 e. The summed E-state index contributed by atoms with van der Waals surface area (Å²) in [6.45, 7) is 7.64. The molecule has 0 amide bonds. The summed E-state index contributed by atoms with van der Waals surface area (Å²) in [7, 11) is -3.59. The molecule has 1 aromatic rings. The van der Waals surface area contributed by atoms with Crippen LogP contribution in [0.25, 0.3) is 0 Å². The summed E-state index contributed by atoms with van der Waals surface area (Å²) in [5, 5.41) is 9.24. The van der Waals surface area contributed by atoms with Gasteiger partial charge in [-0.3, -0.25) is 0 Å². The van der Waals surface area contributed by atoms with E-state index in [4.69, 9.17) is 0 Å². The van der Waals surface area contributed by atoms with Gasteiger partial charge in [0.1, 0.15) is 0 Å². The van der Waals surface area contributed by atoms with Crippen LogP contribution in [-0.4, -0.2) is 19.6 Å². The Morgan fingerprint density at radius 3 is 2.48 bits per heavy atom. The lowest BCUT2D eigenvalue weighted by Gasteiger charge is -2.19. The normalized spacial score (nSPS) is 15.0. The van der Waals surface area contributed by atoms with Gasteiger partial charge in [-0.1, -0.05) is 36.2 Å². The molecule has 2 unspecified atom stereocenters. The fourth-order valence-corrected chi connectivity index (χ4v) is 4.44. The van der Waals surface area contributed by atoms with E-state index in [9.17, 15) is 13.5 Å². The molecule has 0 fully saturated rings. The van der Waals surface area contributed by atoms with Gasteiger partial charge in [-0.2, -0.15) is 0 Å². The molecule has 1 aromatic carbocycles. The summed E-state index contributed by atoms with van der Waals surface area (Å²) in [6, 6.07) is 3.14. The number of hydrogen-bond donors (Lipinski definition) is 2. The summed E-state index contributed by atoms with van der Waals surface area (Å²) < 4.78 is 28.5. The minimum absolute atomic E-state index is 0.124. The molecule has 0 aliphatic carbocycles. The van der Waals surface area contributed by atoms with E-state index in [1.807, 2.05) is 6.92 Å². The van der Waals surface area contributed by atoms with Gasteiger partial charge in [-0.25, -0.2) is 13.1 Å². The predicted molar refractivity (Wildman–Crippen MR) is 88.7 cm³/mol. The highest BCUT2D eigenvalue weighted by atomic mass is 79.9. The third-order valence-electron chi connectivity index (χ3n) is 3.64. The number of rotatable bonds is 7. The van der Waals surface area contributed by atoms with Crippen molar-refractivity contribution in [1.82, 2.24) is 4.72 Å². The molecule has 1 rings (SSSR count). The quantitative estimate of drug-likeness (QED) is 0.765. The van der Waals surface area contributed by atoms with Crippen molar-refractivity contribution >= 4 is 26.0 Å². The minimum atomic E-state index is -3.59. The highest BCUT2D eigenvalue weighted by Crippen LogP contribution is 2.26. The lowest BCUT2D eigenvalue weighted by molar-refractivity contribution is 0.281. The summed E-state index contributed by atoms with van der Waals surface area (Å²) in [6.07, 6.45) is 1.83. The Labute approximate surface area is 136 Å². The summed E-state index contributed by atoms with van der Waals surface area (Å²) in [5.74, 6) is 0.472. The van der Waals surface area contributed by atoms with E-state index in [1.165, 1.54) is 6.07 Å². The van der Waals surface area contributed by atoms with Gasteiger partial charge in [0.2, 0.25) is 10.0 Å². The second-order valence-corrected chi connectivity index (χ2v) is 8.17. The van der Waals surface area contributed by atoms with Crippen LogP contribution in [0, 0.1) is 12.8 Å². The van der Waals surface area contributed by atoms with E-state index in [2.05, 4.69) is 34.5 Å². The molecule has 0 radical (unpaired) electrons. The molecule has 0 aromatic heterocycles. The van der Waals surface area contributed by atoms with Gasteiger partial charge in [0, 0.05) is 10.5 Å². The van der Waals surface area contributed by atoms with Crippen LogP contribution in [0.3, 0.4) is 0 Å². The van der Waals surface area contributed by atoms with E-state index in [1.54, 1.807) is 13.0 Å². The molecular formula is C15H24BrNO3S. The van der Waals surface area contributed by atoms with E-state index < -0.39 is 10.0 Å². The van der Waals surface area contributed by atoms with Gasteiger partial charge in [0.05, 0.1) is 11.5 Å². The molecule has 0 heterocycles. The molecule has 0 aliphatic heterocycles. The molecule has 0 aliphatic rings. The first-order valence-electron chi connectivity index (χ1n) is 7.13. The number of sulfonamides is 1. The zero-order valence-electron chi connectivity index (χ0n) is 13.0. The van der Waals surface area contributed by atoms with E-state index >= 15 is 0 Å². The van der Waals surface area contributed by atoms with Gasteiger partial charge in [0.25, 0.3) is 0 Å². The maximum atomic E-state index is 12.5. The van der Waals surface area contributed by atoms with Crippen LogP contribution in [0.4, 0.5) is 0 Å². The molecule has 21 heavy (non-hydrogen) atoms. The molecule has 2 atom stereocenters. The topological polar surface area (TPSA) is 66.4 Å². The SMILES string of the molecule is CCC(C)CC(C)NS(=O)(=O)c1cc(CO)cc(Br)c1C. The average molecular weight is 378 g/mol. The third-order valence-corrected chi connectivity index (χ3v) is 6.18. The van der Waals surface area contributed by atoms with Gasteiger partial charge in [-0.05, 0) is 49.4 Å². The van der Waals surface area contributed by atoms with E-state index in [0.717, 1.165) is 12.8 Å². The number of hydrogen-bond acceptors (Lipinski definition) is 3. The van der Waals surface area contributed by atoms with Crippen LogP contribution < -0.4 is 4.72 Å². The predicted octanol–water partition coefficient (Wildman–Crippen LogP) is 3.35. The zero-order chi connectivity index (χ0) is 16.2. The Morgan fingerprint density at radius 1 is 1.33 bits per heavy atom. The monoisotopic (exact) mass is 377 g/mol. The molecular weight excluding hydrogens is 354 g/mol. The number of aliphatic hydroxyl groups excluding tert-OH is 1. The standard InChI is InChI=1S/C15H24BrNO3S/c1-5-10(2)6-11(3)17-21(19,20)15-8-13(9-18)7-14(16)12(15)4/h7-8,10-11,17-18H,5-6,9H2,1-4H3. The first-order chi connectivity index (χ1) is 9.71. The van der Waals surface area contributed by atoms with Gasteiger partial charge >= 0.3 is 0 Å². The average Bonchev–Trinajstić information content (AvgIpc) is 2.40. The van der Waals surface area contributed by atoms with Gasteiger partial charge < -0.3 is 5.11 Å². The van der Waals surface area contributed by atoms with Crippen molar-refractivity contribution in [3.63, 3.8) is 0 Å². The van der Waals surface area contributed by atoms with Crippen molar-refractivity contribution in [3.05, 3.63) is 27.7 Å². The Bertz CT molecular complexity index is 587. The fraction of sp³-hybridized carbons (Fsp3) is 0.600. The molecule has 0 spiro atoms. The maximum absolute atomic E-state index is 12.5. The summed E-state index contributed by atoms with van der Waals surface area (Å²) >= 11 is 3.34. The molecule has 4 nitrogen and oxygen atoms in total. The second-order valence-electron chi connectivity index (χ2n) is 5.63. The second kappa shape index (κ2) is 7.72. The molecule has 0 saturated heterocycles. The van der Waals surface area contributed by atoms with Crippen molar-refractivity contribution in [1.29, 1.82) is 0 Å². The molecule has 120 valence electrons. The van der Waals surface area contributed by atoms with Crippen molar-refractivity contribution < 1.29 is 13.5 Å². The van der Waals surface area contributed by atoms with Crippen molar-refractivity contribution in [2.24, 2.45) is 5.92 Å². The van der Waals surface area contributed by atoms with Gasteiger partial charge in [0.15, 0.2) is 0 Å². The van der Waals surface area contributed by atoms with Crippen LogP contribution in [-0.2, 0) is 16.6 Å². The Hall–Kier alpha value is -0.430.